The Morgan fingerprint density at radius 3 is 2.47 bits per heavy atom. The minimum absolute atomic E-state index is 0.0586. The SMILES string of the molecule is CCN(CC(C)C)c1nc(C)cc(C)c1CO. The summed E-state index contributed by atoms with van der Waals surface area (Å²) in [6.07, 6.45) is 0. The average Bonchev–Trinajstić information content (AvgIpc) is 2.24. The number of hydrogen-bond acceptors (Lipinski definition) is 3. The fourth-order valence-corrected chi connectivity index (χ4v) is 2.11. The van der Waals surface area contributed by atoms with E-state index in [1.54, 1.807) is 0 Å². The zero-order chi connectivity index (χ0) is 13.0. The molecule has 0 fully saturated rings. The van der Waals surface area contributed by atoms with Gasteiger partial charge in [0.2, 0.25) is 0 Å². The lowest BCUT2D eigenvalue weighted by Gasteiger charge is -2.27. The van der Waals surface area contributed by atoms with E-state index in [4.69, 9.17) is 0 Å². The normalized spacial score (nSPS) is 11.0. The second-order valence-corrected chi connectivity index (χ2v) is 4.97. The molecule has 17 heavy (non-hydrogen) atoms. The van der Waals surface area contributed by atoms with Gasteiger partial charge in [-0.2, -0.15) is 0 Å². The van der Waals surface area contributed by atoms with Crippen molar-refractivity contribution in [3.05, 3.63) is 22.9 Å². The van der Waals surface area contributed by atoms with E-state index in [0.29, 0.717) is 5.92 Å². The van der Waals surface area contributed by atoms with Gasteiger partial charge in [0.1, 0.15) is 5.82 Å². The van der Waals surface area contributed by atoms with E-state index in [0.717, 1.165) is 35.7 Å². The van der Waals surface area contributed by atoms with Crippen LogP contribution in [-0.4, -0.2) is 23.2 Å². The summed E-state index contributed by atoms with van der Waals surface area (Å²) in [5.74, 6) is 1.53. The number of aromatic nitrogens is 1. The Hall–Kier alpha value is -1.09. The van der Waals surface area contributed by atoms with Gasteiger partial charge in [-0.05, 0) is 38.3 Å². The maximum atomic E-state index is 9.50. The molecule has 3 nitrogen and oxygen atoms in total. The number of aryl methyl sites for hydroxylation is 2. The van der Waals surface area contributed by atoms with Crippen LogP contribution in [0.2, 0.25) is 0 Å². The van der Waals surface area contributed by atoms with E-state index in [1.165, 1.54) is 0 Å². The summed E-state index contributed by atoms with van der Waals surface area (Å²) in [4.78, 5) is 6.84. The zero-order valence-corrected chi connectivity index (χ0v) is 11.6. The molecule has 1 N–H and O–H groups in total. The summed E-state index contributed by atoms with van der Waals surface area (Å²) in [5.41, 5.74) is 3.09. The molecule has 0 aliphatic carbocycles. The molecule has 1 aromatic rings. The summed E-state index contributed by atoms with van der Waals surface area (Å²) in [6.45, 7) is 12.5. The van der Waals surface area contributed by atoms with E-state index >= 15 is 0 Å². The monoisotopic (exact) mass is 236 g/mol. The average molecular weight is 236 g/mol. The molecule has 3 heteroatoms. The smallest absolute Gasteiger partial charge is 0.134 e. The number of rotatable bonds is 5. The van der Waals surface area contributed by atoms with Crippen molar-refractivity contribution in [2.45, 2.75) is 41.2 Å². The third-order valence-corrected chi connectivity index (χ3v) is 2.88. The molecular weight excluding hydrogens is 212 g/mol. The van der Waals surface area contributed by atoms with Crippen LogP contribution in [0.1, 0.15) is 37.6 Å². The van der Waals surface area contributed by atoms with Crippen LogP contribution in [0.4, 0.5) is 5.82 Å². The van der Waals surface area contributed by atoms with Gasteiger partial charge in [-0.15, -0.1) is 0 Å². The summed E-state index contributed by atoms with van der Waals surface area (Å²) in [5, 5.41) is 9.50. The molecule has 0 atom stereocenters. The van der Waals surface area contributed by atoms with Crippen molar-refractivity contribution < 1.29 is 5.11 Å². The quantitative estimate of drug-likeness (QED) is 0.854. The topological polar surface area (TPSA) is 36.4 Å². The summed E-state index contributed by atoms with van der Waals surface area (Å²) in [7, 11) is 0. The molecule has 0 aromatic carbocycles. The van der Waals surface area contributed by atoms with Gasteiger partial charge in [-0.3, -0.25) is 0 Å². The Labute approximate surface area is 104 Å². The molecule has 0 spiro atoms. The minimum Gasteiger partial charge on any atom is -0.392 e. The number of pyridine rings is 1. The minimum atomic E-state index is 0.0586. The van der Waals surface area contributed by atoms with Crippen LogP contribution in [0.5, 0.6) is 0 Å². The molecule has 0 aliphatic rings. The van der Waals surface area contributed by atoms with Gasteiger partial charge in [-0.1, -0.05) is 13.8 Å². The first-order chi connectivity index (χ1) is 7.99. The molecule has 0 saturated carbocycles. The molecule has 1 rings (SSSR count). The lowest BCUT2D eigenvalue weighted by molar-refractivity contribution is 0.280. The van der Waals surface area contributed by atoms with Crippen LogP contribution in [0.25, 0.3) is 0 Å². The third-order valence-electron chi connectivity index (χ3n) is 2.88. The number of anilines is 1. The zero-order valence-electron chi connectivity index (χ0n) is 11.6. The molecular formula is C14H24N2O. The highest BCUT2D eigenvalue weighted by Gasteiger charge is 2.14. The first-order valence-electron chi connectivity index (χ1n) is 6.32. The van der Waals surface area contributed by atoms with Crippen LogP contribution in [0.15, 0.2) is 6.07 Å². The lowest BCUT2D eigenvalue weighted by Crippen LogP contribution is -2.29. The number of aliphatic hydroxyl groups excluding tert-OH is 1. The highest BCUT2D eigenvalue weighted by atomic mass is 16.3. The van der Waals surface area contributed by atoms with Crippen molar-refractivity contribution in [2.24, 2.45) is 5.92 Å². The first-order valence-corrected chi connectivity index (χ1v) is 6.32. The predicted octanol–water partition coefficient (Wildman–Crippen LogP) is 2.67. The van der Waals surface area contributed by atoms with Gasteiger partial charge in [-0.25, -0.2) is 4.98 Å². The number of aliphatic hydroxyl groups is 1. The molecule has 0 unspecified atom stereocenters. The van der Waals surface area contributed by atoms with Crippen molar-refractivity contribution in [3.8, 4) is 0 Å². The first kappa shape index (κ1) is 14.0. The van der Waals surface area contributed by atoms with Gasteiger partial charge < -0.3 is 10.0 Å². The highest BCUT2D eigenvalue weighted by molar-refractivity contribution is 5.51. The van der Waals surface area contributed by atoms with Crippen LogP contribution < -0.4 is 4.90 Å². The molecule has 0 aliphatic heterocycles. The Morgan fingerprint density at radius 1 is 1.35 bits per heavy atom. The van der Waals surface area contributed by atoms with Crippen LogP contribution in [0, 0.1) is 19.8 Å². The lowest BCUT2D eigenvalue weighted by atomic mass is 10.1. The molecule has 1 heterocycles. The van der Waals surface area contributed by atoms with E-state index < -0.39 is 0 Å². The Kier molecular flexibility index (Phi) is 4.94. The van der Waals surface area contributed by atoms with Crippen LogP contribution in [0.3, 0.4) is 0 Å². The maximum absolute atomic E-state index is 9.50. The Balaban J connectivity index is 3.16. The van der Waals surface area contributed by atoms with Gasteiger partial charge in [0.25, 0.3) is 0 Å². The van der Waals surface area contributed by atoms with Crippen LogP contribution >= 0.6 is 0 Å². The fraction of sp³-hybridized carbons (Fsp3) is 0.643. The predicted molar refractivity (Wildman–Crippen MR) is 72.4 cm³/mol. The van der Waals surface area contributed by atoms with Crippen molar-refractivity contribution >= 4 is 5.82 Å². The highest BCUT2D eigenvalue weighted by Crippen LogP contribution is 2.23. The van der Waals surface area contributed by atoms with Gasteiger partial charge in [0.05, 0.1) is 6.61 Å². The van der Waals surface area contributed by atoms with Crippen LogP contribution in [-0.2, 0) is 6.61 Å². The third kappa shape index (κ3) is 3.43. The van der Waals surface area contributed by atoms with E-state index in [9.17, 15) is 5.11 Å². The Bertz CT molecular complexity index is 375. The second-order valence-electron chi connectivity index (χ2n) is 4.97. The molecule has 1 aromatic heterocycles. The van der Waals surface area contributed by atoms with Gasteiger partial charge >= 0.3 is 0 Å². The summed E-state index contributed by atoms with van der Waals surface area (Å²) in [6, 6.07) is 2.03. The van der Waals surface area contributed by atoms with E-state index in [2.05, 4.69) is 30.7 Å². The standard InChI is InChI=1S/C14H24N2O/c1-6-16(8-10(2)3)14-13(9-17)11(4)7-12(5)15-14/h7,10,17H,6,8-9H2,1-5H3. The largest absolute Gasteiger partial charge is 0.392 e. The number of hydrogen-bond donors (Lipinski definition) is 1. The van der Waals surface area contributed by atoms with E-state index in [1.807, 2.05) is 19.9 Å². The fourth-order valence-electron chi connectivity index (χ4n) is 2.11. The van der Waals surface area contributed by atoms with Gasteiger partial charge in [0, 0.05) is 24.3 Å². The van der Waals surface area contributed by atoms with Crippen molar-refractivity contribution in [1.82, 2.24) is 4.98 Å². The molecule has 0 saturated heterocycles. The molecule has 0 bridgehead atoms. The summed E-state index contributed by atoms with van der Waals surface area (Å²) < 4.78 is 0. The Morgan fingerprint density at radius 2 is 2.00 bits per heavy atom. The summed E-state index contributed by atoms with van der Waals surface area (Å²) >= 11 is 0. The molecule has 0 amide bonds. The van der Waals surface area contributed by atoms with Gasteiger partial charge in [0.15, 0.2) is 0 Å². The van der Waals surface area contributed by atoms with Crippen molar-refractivity contribution in [2.75, 3.05) is 18.0 Å². The number of nitrogens with zero attached hydrogens (tertiary/aromatic N) is 2. The van der Waals surface area contributed by atoms with Crippen molar-refractivity contribution in [3.63, 3.8) is 0 Å². The second kappa shape index (κ2) is 6.01. The molecule has 96 valence electrons. The van der Waals surface area contributed by atoms with Crippen molar-refractivity contribution in [1.29, 1.82) is 0 Å². The molecule has 0 radical (unpaired) electrons. The van der Waals surface area contributed by atoms with E-state index in [-0.39, 0.29) is 6.61 Å². The maximum Gasteiger partial charge on any atom is 0.134 e.